The number of aromatic nitrogens is 3. The molecule has 6 heteroatoms. The first-order chi connectivity index (χ1) is 10.2. The van der Waals surface area contributed by atoms with Crippen molar-refractivity contribution in [3.8, 4) is 5.69 Å². The molecule has 3 rings (SSSR count). The minimum absolute atomic E-state index is 0.0663. The van der Waals surface area contributed by atoms with Crippen LogP contribution in [-0.4, -0.2) is 33.8 Å². The highest BCUT2D eigenvalue weighted by Gasteiger charge is 2.34. The lowest BCUT2D eigenvalue weighted by Gasteiger charge is -2.32. The molecule has 0 radical (unpaired) electrons. The number of amides is 1. The van der Waals surface area contributed by atoms with E-state index in [1.165, 1.54) is 6.33 Å². The van der Waals surface area contributed by atoms with E-state index >= 15 is 0 Å². The Morgan fingerprint density at radius 2 is 2.10 bits per heavy atom. The summed E-state index contributed by atoms with van der Waals surface area (Å²) in [4.78, 5) is 16.6. The van der Waals surface area contributed by atoms with Crippen molar-refractivity contribution >= 4 is 11.6 Å². The van der Waals surface area contributed by atoms with Gasteiger partial charge in [-0.25, -0.2) is 9.67 Å². The lowest BCUT2D eigenvalue weighted by Crippen LogP contribution is -2.42. The molecule has 0 unspecified atom stereocenters. The molecule has 21 heavy (non-hydrogen) atoms. The molecule has 1 saturated heterocycles. The van der Waals surface area contributed by atoms with E-state index in [-0.39, 0.29) is 11.3 Å². The maximum atomic E-state index is 12.6. The fraction of sp³-hybridized carbons (Fsp3) is 0.400. The molecule has 2 aromatic rings. The number of anilines is 1. The Morgan fingerprint density at radius 3 is 2.81 bits per heavy atom. The van der Waals surface area contributed by atoms with Gasteiger partial charge in [-0.15, -0.1) is 0 Å². The van der Waals surface area contributed by atoms with Crippen molar-refractivity contribution in [1.29, 1.82) is 0 Å². The van der Waals surface area contributed by atoms with E-state index in [1.807, 2.05) is 31.2 Å². The Morgan fingerprint density at radius 1 is 1.33 bits per heavy atom. The van der Waals surface area contributed by atoms with Crippen LogP contribution >= 0.6 is 0 Å². The van der Waals surface area contributed by atoms with Crippen LogP contribution in [0.15, 0.2) is 36.9 Å². The van der Waals surface area contributed by atoms with Gasteiger partial charge in [0.15, 0.2) is 0 Å². The smallest absolute Gasteiger partial charge is 0.230 e. The maximum absolute atomic E-state index is 12.6. The number of para-hydroxylation sites is 2. The van der Waals surface area contributed by atoms with Crippen molar-refractivity contribution in [2.45, 2.75) is 19.8 Å². The van der Waals surface area contributed by atoms with Crippen molar-refractivity contribution < 1.29 is 4.79 Å². The van der Waals surface area contributed by atoms with Gasteiger partial charge in [-0.2, -0.15) is 5.10 Å². The summed E-state index contributed by atoms with van der Waals surface area (Å²) in [6.07, 6.45) is 4.80. The average molecular weight is 285 g/mol. The van der Waals surface area contributed by atoms with Crippen LogP contribution in [0.2, 0.25) is 0 Å². The van der Waals surface area contributed by atoms with E-state index in [0.29, 0.717) is 0 Å². The second-order valence-corrected chi connectivity index (χ2v) is 5.62. The third-order valence-electron chi connectivity index (χ3n) is 4.07. The summed E-state index contributed by atoms with van der Waals surface area (Å²) in [6.45, 7) is 3.80. The zero-order valence-electron chi connectivity index (χ0n) is 12.0. The van der Waals surface area contributed by atoms with Crippen molar-refractivity contribution in [2.24, 2.45) is 5.41 Å². The number of rotatable bonds is 3. The minimum atomic E-state index is -0.319. The van der Waals surface area contributed by atoms with Crippen LogP contribution in [-0.2, 0) is 4.79 Å². The highest BCUT2D eigenvalue weighted by molar-refractivity contribution is 5.96. The van der Waals surface area contributed by atoms with Crippen molar-refractivity contribution in [3.05, 3.63) is 36.9 Å². The molecule has 1 aliphatic rings. The number of nitrogens with one attached hydrogen (secondary N) is 2. The number of benzene rings is 1. The molecule has 2 N–H and O–H groups in total. The predicted molar refractivity (Wildman–Crippen MR) is 80.2 cm³/mol. The summed E-state index contributed by atoms with van der Waals surface area (Å²) in [6, 6.07) is 7.62. The van der Waals surface area contributed by atoms with Gasteiger partial charge >= 0.3 is 0 Å². The quantitative estimate of drug-likeness (QED) is 0.898. The second kappa shape index (κ2) is 5.65. The normalized spacial score (nSPS) is 17.4. The van der Waals surface area contributed by atoms with Gasteiger partial charge in [-0.1, -0.05) is 19.1 Å². The number of piperidine rings is 1. The first-order valence-electron chi connectivity index (χ1n) is 7.15. The molecule has 0 bridgehead atoms. The number of hydrogen-bond donors (Lipinski definition) is 2. The first-order valence-corrected chi connectivity index (χ1v) is 7.15. The molecular weight excluding hydrogens is 266 g/mol. The Kier molecular flexibility index (Phi) is 3.70. The zero-order chi connectivity index (χ0) is 14.7. The lowest BCUT2D eigenvalue weighted by atomic mass is 9.80. The highest BCUT2D eigenvalue weighted by atomic mass is 16.2. The van der Waals surface area contributed by atoms with Gasteiger partial charge in [0.05, 0.1) is 11.4 Å². The Hall–Kier alpha value is -2.21. The monoisotopic (exact) mass is 285 g/mol. The third-order valence-corrected chi connectivity index (χ3v) is 4.07. The molecule has 1 aromatic carbocycles. The van der Waals surface area contributed by atoms with Crippen LogP contribution < -0.4 is 10.6 Å². The topological polar surface area (TPSA) is 71.8 Å². The molecule has 1 aliphatic heterocycles. The van der Waals surface area contributed by atoms with Gasteiger partial charge in [0, 0.05) is 5.41 Å². The molecule has 0 spiro atoms. The zero-order valence-corrected chi connectivity index (χ0v) is 12.0. The van der Waals surface area contributed by atoms with Crippen molar-refractivity contribution in [2.75, 3.05) is 18.4 Å². The molecule has 1 aromatic heterocycles. The van der Waals surface area contributed by atoms with E-state index in [0.717, 1.165) is 37.3 Å². The molecular formula is C15H19N5O. The summed E-state index contributed by atoms with van der Waals surface area (Å²) < 4.78 is 1.65. The van der Waals surface area contributed by atoms with Crippen molar-refractivity contribution in [3.63, 3.8) is 0 Å². The van der Waals surface area contributed by atoms with Crippen LogP contribution in [0.1, 0.15) is 19.8 Å². The van der Waals surface area contributed by atoms with Gasteiger partial charge < -0.3 is 10.6 Å². The summed E-state index contributed by atoms with van der Waals surface area (Å²) in [5, 5.41) is 10.5. The minimum Gasteiger partial charge on any atom is -0.324 e. The predicted octanol–water partition coefficient (Wildman–Crippen LogP) is 1.60. The van der Waals surface area contributed by atoms with Crippen LogP contribution in [0.4, 0.5) is 5.69 Å². The molecule has 6 nitrogen and oxygen atoms in total. The number of carbonyl (C=O) groups is 1. The fourth-order valence-electron chi connectivity index (χ4n) is 2.59. The third kappa shape index (κ3) is 2.80. The van der Waals surface area contributed by atoms with Gasteiger partial charge in [-0.3, -0.25) is 4.79 Å². The SMILES string of the molecule is CC1(C(=O)Nc2ccccc2-n2cncn2)CCNCC1. The van der Waals surface area contributed by atoms with E-state index in [2.05, 4.69) is 20.7 Å². The molecule has 1 fully saturated rings. The Labute approximate surface area is 123 Å². The molecule has 0 atom stereocenters. The number of nitrogens with zero attached hydrogens (tertiary/aromatic N) is 3. The van der Waals surface area contributed by atoms with E-state index in [9.17, 15) is 4.79 Å². The number of hydrogen-bond acceptors (Lipinski definition) is 4. The molecule has 0 saturated carbocycles. The summed E-state index contributed by atoms with van der Waals surface area (Å²) >= 11 is 0. The maximum Gasteiger partial charge on any atom is 0.230 e. The first kappa shape index (κ1) is 13.8. The van der Waals surface area contributed by atoms with Gasteiger partial charge in [-0.05, 0) is 38.1 Å². The lowest BCUT2D eigenvalue weighted by molar-refractivity contribution is -0.126. The van der Waals surface area contributed by atoms with Gasteiger partial charge in [0.2, 0.25) is 5.91 Å². The molecule has 1 amide bonds. The second-order valence-electron chi connectivity index (χ2n) is 5.62. The molecule has 110 valence electrons. The summed E-state index contributed by atoms with van der Waals surface area (Å²) in [7, 11) is 0. The van der Waals surface area contributed by atoms with Gasteiger partial charge in [0.25, 0.3) is 0 Å². The molecule has 0 aliphatic carbocycles. The average Bonchev–Trinajstić information content (AvgIpc) is 3.02. The van der Waals surface area contributed by atoms with Crippen LogP contribution in [0.25, 0.3) is 5.69 Å². The van der Waals surface area contributed by atoms with Crippen LogP contribution in [0.3, 0.4) is 0 Å². The van der Waals surface area contributed by atoms with Crippen LogP contribution in [0.5, 0.6) is 0 Å². The fourth-order valence-corrected chi connectivity index (χ4v) is 2.59. The highest BCUT2D eigenvalue weighted by Crippen LogP contribution is 2.30. The van der Waals surface area contributed by atoms with E-state index in [1.54, 1.807) is 11.0 Å². The van der Waals surface area contributed by atoms with Gasteiger partial charge in [0.1, 0.15) is 12.7 Å². The summed E-state index contributed by atoms with van der Waals surface area (Å²) in [5.74, 6) is 0.0663. The Bertz CT molecular complexity index is 617. The van der Waals surface area contributed by atoms with Crippen molar-refractivity contribution in [1.82, 2.24) is 20.1 Å². The Balaban J connectivity index is 1.83. The van der Waals surface area contributed by atoms with E-state index in [4.69, 9.17) is 0 Å². The van der Waals surface area contributed by atoms with Crippen LogP contribution in [0, 0.1) is 5.41 Å². The largest absolute Gasteiger partial charge is 0.324 e. The van der Waals surface area contributed by atoms with E-state index < -0.39 is 0 Å². The number of carbonyl (C=O) groups excluding carboxylic acids is 1. The standard InChI is InChI=1S/C15H19N5O/c1-15(6-8-16-9-7-15)14(21)19-12-4-2-3-5-13(12)20-11-17-10-18-20/h2-5,10-11,16H,6-9H2,1H3,(H,19,21). The summed E-state index contributed by atoms with van der Waals surface area (Å²) in [5.41, 5.74) is 1.26. The molecule has 2 heterocycles.